The highest BCUT2D eigenvalue weighted by Crippen LogP contribution is 2.34. The van der Waals surface area contributed by atoms with E-state index in [9.17, 15) is 14.4 Å². The lowest BCUT2D eigenvalue weighted by molar-refractivity contribution is -0.145. The maximum atomic E-state index is 15.8. The normalized spacial score (nSPS) is 16.4. The molecule has 5 heterocycles. The summed E-state index contributed by atoms with van der Waals surface area (Å²) >= 11 is 0. The molecule has 11 heteroatoms. The predicted octanol–water partition coefficient (Wildman–Crippen LogP) is 7.15. The fourth-order valence-corrected chi connectivity index (χ4v) is 7.79. The molecule has 0 atom stereocenters. The molecule has 1 saturated carbocycles. The van der Waals surface area contributed by atoms with Crippen LogP contribution in [-0.4, -0.2) is 57.6 Å². The first-order chi connectivity index (χ1) is 26.7. The summed E-state index contributed by atoms with van der Waals surface area (Å²) in [5, 5.41) is 2.73. The number of halogens is 1. The number of nitrogen functional groups attached to an aromatic ring is 1. The van der Waals surface area contributed by atoms with E-state index < -0.39 is 17.2 Å². The highest BCUT2D eigenvalue weighted by Gasteiger charge is 2.35. The standard InChI is InChI=1S/C44H45FN6O4/c1-27-5-12-40(47-20-27)37-25-50(22-29-3-2-4-29)26-38(41(37)52)43(53)49-34-10-11-35(39(45)19-34)36-18-33(21-48-42(36)46)31-8-6-28(7-9-31)17-30-23-51(24-30)44(54)32-13-15-55-16-14-32/h5-12,18-21,25-26,29-30,32H,2-4,13-17,22-24H2,1H3,(H2,46,48)(H,49,53). The number of benzene rings is 2. The number of anilines is 2. The van der Waals surface area contributed by atoms with E-state index in [1.165, 1.54) is 18.1 Å². The fraction of sp³-hybridized carbons (Fsp3) is 0.341. The van der Waals surface area contributed by atoms with E-state index in [0.29, 0.717) is 48.4 Å². The van der Waals surface area contributed by atoms with Crippen LogP contribution in [0.5, 0.6) is 0 Å². The first-order valence-corrected chi connectivity index (χ1v) is 19.2. The molecule has 8 rings (SSSR count). The topological polar surface area (TPSA) is 132 Å². The van der Waals surface area contributed by atoms with Gasteiger partial charge in [-0.15, -0.1) is 0 Å². The second kappa shape index (κ2) is 15.6. The molecule has 282 valence electrons. The number of aromatic nitrogens is 3. The largest absolute Gasteiger partial charge is 0.383 e. The number of ether oxygens (including phenoxy) is 1. The van der Waals surface area contributed by atoms with Crippen molar-refractivity contribution in [3.63, 3.8) is 0 Å². The summed E-state index contributed by atoms with van der Waals surface area (Å²) in [6.45, 7) is 5.53. The number of likely N-dealkylation sites (tertiary alicyclic amines) is 1. The second-order valence-corrected chi connectivity index (χ2v) is 15.3. The summed E-state index contributed by atoms with van der Waals surface area (Å²) in [7, 11) is 0. The van der Waals surface area contributed by atoms with Crippen molar-refractivity contribution in [1.82, 2.24) is 19.4 Å². The van der Waals surface area contributed by atoms with Crippen LogP contribution >= 0.6 is 0 Å². The first kappa shape index (κ1) is 36.3. The third kappa shape index (κ3) is 7.93. The Hall–Kier alpha value is -5.68. The number of rotatable bonds is 10. The Kier molecular flexibility index (Phi) is 10.3. The van der Waals surface area contributed by atoms with Crippen LogP contribution in [0, 0.1) is 30.5 Å². The Bertz CT molecular complexity index is 2270. The number of carbonyl (C=O) groups is 2. The highest BCUT2D eigenvalue weighted by molar-refractivity contribution is 6.04. The van der Waals surface area contributed by atoms with Gasteiger partial charge in [0.15, 0.2) is 0 Å². The number of aryl methyl sites for hydroxylation is 1. The maximum absolute atomic E-state index is 15.8. The van der Waals surface area contributed by atoms with Gasteiger partial charge in [0.1, 0.15) is 17.2 Å². The van der Waals surface area contributed by atoms with Gasteiger partial charge in [-0.1, -0.05) is 36.8 Å². The Balaban J connectivity index is 0.952. The minimum atomic E-state index is -0.627. The van der Waals surface area contributed by atoms with Crippen molar-refractivity contribution in [3.8, 4) is 33.5 Å². The zero-order chi connectivity index (χ0) is 38.1. The number of nitrogens with one attached hydrogen (secondary N) is 1. The molecule has 1 aliphatic carbocycles. The third-order valence-corrected chi connectivity index (χ3v) is 11.3. The van der Waals surface area contributed by atoms with Gasteiger partial charge in [-0.3, -0.25) is 19.4 Å². The third-order valence-electron chi connectivity index (χ3n) is 11.3. The van der Waals surface area contributed by atoms with Gasteiger partial charge in [-0.2, -0.15) is 0 Å². The molecule has 0 unspecified atom stereocenters. The number of hydrogen-bond acceptors (Lipinski definition) is 7. The van der Waals surface area contributed by atoms with E-state index in [1.807, 2.05) is 40.7 Å². The molecule has 55 heavy (non-hydrogen) atoms. The molecule has 0 bridgehead atoms. The summed E-state index contributed by atoms with van der Waals surface area (Å²) in [6, 6.07) is 18.1. The molecule has 0 radical (unpaired) electrons. The van der Waals surface area contributed by atoms with Gasteiger partial charge >= 0.3 is 0 Å². The van der Waals surface area contributed by atoms with Crippen LogP contribution in [0.3, 0.4) is 0 Å². The van der Waals surface area contributed by atoms with Crippen LogP contribution in [0.25, 0.3) is 33.5 Å². The summed E-state index contributed by atoms with van der Waals surface area (Å²) in [4.78, 5) is 50.8. The van der Waals surface area contributed by atoms with Crippen molar-refractivity contribution in [2.75, 3.05) is 37.4 Å². The lowest BCUT2D eigenvalue weighted by Gasteiger charge is -2.41. The quantitative estimate of drug-likeness (QED) is 0.156. The van der Waals surface area contributed by atoms with Crippen LogP contribution in [0.2, 0.25) is 0 Å². The van der Waals surface area contributed by atoms with Gasteiger partial charge in [0.25, 0.3) is 5.91 Å². The smallest absolute Gasteiger partial charge is 0.261 e. The molecule has 3 fully saturated rings. The van der Waals surface area contributed by atoms with Gasteiger partial charge in [-0.25, -0.2) is 9.37 Å². The molecule has 3 aromatic heterocycles. The minimum absolute atomic E-state index is 0.0359. The molecular formula is C44H45FN6O4. The van der Waals surface area contributed by atoms with Crippen molar-refractivity contribution in [2.24, 2.45) is 17.8 Å². The Morgan fingerprint density at radius 2 is 1.65 bits per heavy atom. The van der Waals surface area contributed by atoms with Crippen LogP contribution < -0.4 is 16.5 Å². The number of carbonyl (C=O) groups excluding carboxylic acids is 2. The maximum Gasteiger partial charge on any atom is 0.261 e. The van der Waals surface area contributed by atoms with Crippen molar-refractivity contribution >= 4 is 23.3 Å². The summed E-state index contributed by atoms with van der Waals surface area (Å²) < 4.78 is 23.1. The summed E-state index contributed by atoms with van der Waals surface area (Å²) in [5.74, 6) is 0.241. The zero-order valence-electron chi connectivity index (χ0n) is 31.0. The van der Waals surface area contributed by atoms with Crippen molar-refractivity contribution in [3.05, 3.63) is 118 Å². The summed E-state index contributed by atoms with van der Waals surface area (Å²) in [6.07, 6.45) is 12.6. The lowest BCUT2D eigenvalue weighted by atomic mass is 9.85. The molecule has 3 aliphatic rings. The van der Waals surface area contributed by atoms with Gasteiger partial charge in [0.2, 0.25) is 11.3 Å². The zero-order valence-corrected chi connectivity index (χ0v) is 31.0. The van der Waals surface area contributed by atoms with E-state index in [1.54, 1.807) is 43.0 Å². The molecule has 2 aromatic carbocycles. The van der Waals surface area contributed by atoms with Gasteiger partial charge in [0.05, 0.1) is 11.3 Å². The summed E-state index contributed by atoms with van der Waals surface area (Å²) in [5.41, 5.74) is 11.4. The predicted molar refractivity (Wildman–Crippen MR) is 211 cm³/mol. The number of hydrogen-bond donors (Lipinski definition) is 2. The monoisotopic (exact) mass is 740 g/mol. The molecule has 10 nitrogen and oxygen atoms in total. The number of amides is 2. The van der Waals surface area contributed by atoms with E-state index >= 15 is 4.39 Å². The molecule has 2 aliphatic heterocycles. The Morgan fingerprint density at radius 1 is 0.873 bits per heavy atom. The van der Waals surface area contributed by atoms with Crippen molar-refractivity contribution in [1.29, 1.82) is 0 Å². The number of pyridine rings is 3. The van der Waals surface area contributed by atoms with E-state index in [-0.39, 0.29) is 34.5 Å². The molecule has 2 saturated heterocycles. The molecule has 0 spiro atoms. The van der Waals surface area contributed by atoms with Crippen LogP contribution in [0.1, 0.15) is 53.6 Å². The molecular weight excluding hydrogens is 696 g/mol. The Labute approximate surface area is 319 Å². The van der Waals surface area contributed by atoms with E-state index in [0.717, 1.165) is 61.9 Å². The van der Waals surface area contributed by atoms with Crippen LogP contribution in [-0.2, 0) is 22.5 Å². The molecule has 2 amide bonds. The average Bonchev–Trinajstić information content (AvgIpc) is 3.16. The molecule has 3 N–H and O–H groups in total. The van der Waals surface area contributed by atoms with Gasteiger partial charge in [-0.05, 0) is 97.9 Å². The fourth-order valence-electron chi connectivity index (χ4n) is 7.79. The van der Waals surface area contributed by atoms with E-state index in [2.05, 4.69) is 27.4 Å². The SMILES string of the molecule is Cc1ccc(-c2cn(CC3CCC3)cc(C(=O)Nc3ccc(-c4cc(-c5ccc(CC6CN(C(=O)C7CCOCC7)C6)cc5)cnc4N)c(F)c3)c2=O)nc1. The average molecular weight is 741 g/mol. The van der Waals surface area contributed by atoms with E-state index in [4.69, 9.17) is 10.5 Å². The number of nitrogens with two attached hydrogens (primary N) is 1. The minimum Gasteiger partial charge on any atom is -0.383 e. The highest BCUT2D eigenvalue weighted by atomic mass is 19.1. The van der Waals surface area contributed by atoms with Crippen molar-refractivity contribution < 1.29 is 18.7 Å². The number of nitrogens with zero attached hydrogens (tertiary/aromatic N) is 4. The second-order valence-electron chi connectivity index (χ2n) is 15.3. The molecule has 5 aromatic rings. The Morgan fingerprint density at radius 3 is 2.35 bits per heavy atom. The van der Waals surface area contributed by atoms with Gasteiger partial charge < -0.3 is 25.3 Å². The van der Waals surface area contributed by atoms with Crippen molar-refractivity contribution in [2.45, 2.75) is 52.0 Å². The van der Waals surface area contributed by atoms with Crippen LogP contribution in [0.15, 0.2) is 90.2 Å². The first-order valence-electron chi connectivity index (χ1n) is 19.2. The van der Waals surface area contributed by atoms with Gasteiger partial charge in [0, 0.05) is 85.9 Å². The van der Waals surface area contributed by atoms with Crippen LogP contribution in [0.4, 0.5) is 15.9 Å². The lowest BCUT2D eigenvalue weighted by Crippen LogP contribution is -2.53.